The number of ether oxygens (including phenoxy) is 1. The Morgan fingerprint density at radius 1 is 1.00 bits per heavy atom. The molecule has 0 spiro atoms. The molecule has 5 rings (SSSR count). The Morgan fingerprint density at radius 2 is 1.79 bits per heavy atom. The van der Waals surface area contributed by atoms with E-state index < -0.39 is 23.2 Å². The molecular weight excluding hydrogens is 614 g/mol. The number of hydrogen-bond acceptors (Lipinski definition) is 7. The summed E-state index contributed by atoms with van der Waals surface area (Å²) in [4.78, 5) is 58.8. The number of fused-ring (bicyclic) bond motifs is 4. The summed E-state index contributed by atoms with van der Waals surface area (Å²) < 4.78 is 6.12. The number of thiol groups is 1. The molecule has 254 valence electrons. The average Bonchev–Trinajstić information content (AvgIpc) is 3.61. The molecule has 0 aromatic heterocycles. The fourth-order valence-electron chi connectivity index (χ4n) is 6.69. The molecule has 0 saturated carbocycles. The molecule has 3 heterocycles. The van der Waals surface area contributed by atoms with Crippen LogP contribution in [0.15, 0.2) is 48.5 Å². The molecular formula is C36H49N5O5S. The minimum atomic E-state index is -1.24. The van der Waals surface area contributed by atoms with E-state index in [0.717, 1.165) is 67.6 Å². The Morgan fingerprint density at radius 3 is 2.57 bits per heavy atom. The maximum Gasteiger partial charge on any atom is 0.244 e. The average molecular weight is 664 g/mol. The van der Waals surface area contributed by atoms with Crippen LogP contribution in [0.5, 0.6) is 5.75 Å². The maximum atomic E-state index is 14.0. The van der Waals surface area contributed by atoms with Crippen LogP contribution in [0.2, 0.25) is 0 Å². The summed E-state index contributed by atoms with van der Waals surface area (Å²) in [5, 5.41) is 7.63. The third-order valence-corrected chi connectivity index (χ3v) is 10.1. The van der Waals surface area contributed by atoms with Crippen molar-refractivity contribution in [3.63, 3.8) is 0 Å². The highest BCUT2D eigenvalue weighted by atomic mass is 32.1. The number of piperidine rings is 1. The van der Waals surface area contributed by atoms with Gasteiger partial charge in [0.1, 0.15) is 23.1 Å². The van der Waals surface area contributed by atoms with Crippen LogP contribution in [0, 0.1) is 12.8 Å². The fraction of sp³-hybridized carbons (Fsp3) is 0.556. The van der Waals surface area contributed by atoms with Gasteiger partial charge in [-0.1, -0.05) is 36.4 Å². The van der Waals surface area contributed by atoms with Gasteiger partial charge in [0, 0.05) is 32.6 Å². The van der Waals surface area contributed by atoms with Gasteiger partial charge in [0.25, 0.3) is 0 Å². The van der Waals surface area contributed by atoms with Gasteiger partial charge < -0.3 is 30.5 Å². The van der Waals surface area contributed by atoms with Crippen LogP contribution in [0.25, 0.3) is 0 Å². The molecule has 3 aliphatic rings. The molecule has 11 heteroatoms. The van der Waals surface area contributed by atoms with E-state index >= 15 is 0 Å². The summed E-state index contributed by atoms with van der Waals surface area (Å²) in [5.41, 5.74) is 2.98. The summed E-state index contributed by atoms with van der Waals surface area (Å²) in [5.74, 6) is -0.573. The molecule has 2 unspecified atom stereocenters. The van der Waals surface area contributed by atoms with Crippen molar-refractivity contribution in [2.45, 2.75) is 82.2 Å². The van der Waals surface area contributed by atoms with E-state index in [1.807, 2.05) is 55.5 Å². The molecule has 4 atom stereocenters. The summed E-state index contributed by atoms with van der Waals surface area (Å²) in [6.45, 7) is 6.36. The van der Waals surface area contributed by atoms with Gasteiger partial charge in [-0.25, -0.2) is 0 Å². The predicted octanol–water partition coefficient (Wildman–Crippen LogP) is 3.02. The van der Waals surface area contributed by atoms with Gasteiger partial charge in [0.2, 0.25) is 23.6 Å². The zero-order valence-corrected chi connectivity index (χ0v) is 28.3. The van der Waals surface area contributed by atoms with Crippen LogP contribution in [0.4, 0.5) is 0 Å². The Labute approximate surface area is 283 Å². The van der Waals surface area contributed by atoms with Crippen molar-refractivity contribution in [1.82, 2.24) is 25.8 Å². The van der Waals surface area contributed by atoms with E-state index in [4.69, 9.17) is 4.74 Å². The Balaban J connectivity index is 1.39. The highest BCUT2D eigenvalue weighted by Crippen LogP contribution is 2.24. The monoisotopic (exact) mass is 663 g/mol. The third kappa shape index (κ3) is 9.96. The van der Waals surface area contributed by atoms with Gasteiger partial charge in [-0.15, -0.1) is 0 Å². The Bertz CT molecular complexity index is 1390. The molecule has 2 aromatic carbocycles. The second-order valence-electron chi connectivity index (χ2n) is 13.1. The van der Waals surface area contributed by atoms with Crippen molar-refractivity contribution in [3.05, 3.63) is 65.2 Å². The number of carbonyl (C=O) groups is 4. The lowest BCUT2D eigenvalue weighted by atomic mass is 9.94. The molecule has 0 aliphatic carbocycles. The molecule has 3 N–H and O–H groups in total. The highest BCUT2D eigenvalue weighted by Gasteiger charge is 2.38. The third-order valence-electron chi connectivity index (χ3n) is 9.62. The summed E-state index contributed by atoms with van der Waals surface area (Å²) in [6.07, 6.45) is 5.91. The first-order chi connectivity index (χ1) is 22.8. The first kappa shape index (κ1) is 34.8. The lowest BCUT2D eigenvalue weighted by Crippen LogP contribution is -2.60. The number of nitrogens with zero attached hydrogens (tertiary/aromatic N) is 2. The molecule has 2 saturated heterocycles. The molecule has 10 nitrogen and oxygen atoms in total. The van der Waals surface area contributed by atoms with Crippen molar-refractivity contribution in [3.8, 4) is 5.75 Å². The lowest BCUT2D eigenvalue weighted by Gasteiger charge is -2.36. The summed E-state index contributed by atoms with van der Waals surface area (Å²) in [7, 11) is 0. The molecule has 2 fully saturated rings. The minimum absolute atomic E-state index is 0.209. The number of likely N-dealkylation sites (tertiary alicyclic amines) is 1. The molecule has 0 radical (unpaired) electrons. The van der Waals surface area contributed by atoms with Crippen molar-refractivity contribution in [1.29, 1.82) is 0 Å². The standard InChI is InChI=1S/C36H49N5O5S/c1-25-11-13-29-22-28(25)23-37-34(43)30(14-12-26-8-3-2-4-9-26)38-35(44)32(39-31(42)15-20-40-17-5-6-18-40)33(47)36(45)41-19-7-10-27(24-41)16-21-46-29/h2-4,8-9,11,13,22,27,30,32-33,47H,5-7,10,12,14-21,23-24H2,1H3,(H,37,43)(H,38,44)(H,39,42)/t27?,30-,32-,33?/m0/s1. The van der Waals surface area contributed by atoms with Crippen molar-refractivity contribution in [2.75, 3.05) is 39.3 Å². The Kier molecular flexibility index (Phi) is 12.6. The smallest absolute Gasteiger partial charge is 0.244 e. The molecule has 4 amide bonds. The minimum Gasteiger partial charge on any atom is -0.494 e. The van der Waals surface area contributed by atoms with Crippen LogP contribution in [-0.2, 0) is 32.1 Å². The Hall–Kier alpha value is -3.57. The predicted molar refractivity (Wildman–Crippen MR) is 184 cm³/mol. The second kappa shape index (κ2) is 17.0. The van der Waals surface area contributed by atoms with Gasteiger partial charge >= 0.3 is 0 Å². The van der Waals surface area contributed by atoms with Crippen molar-refractivity contribution < 1.29 is 23.9 Å². The van der Waals surface area contributed by atoms with Crippen LogP contribution in [0.1, 0.15) is 61.6 Å². The first-order valence-corrected chi connectivity index (χ1v) is 17.6. The summed E-state index contributed by atoms with van der Waals surface area (Å²) in [6, 6.07) is 13.5. The quantitative estimate of drug-likeness (QED) is 0.339. The van der Waals surface area contributed by atoms with E-state index in [9.17, 15) is 19.2 Å². The molecule has 3 aliphatic heterocycles. The van der Waals surface area contributed by atoms with Gasteiger partial charge in [0.05, 0.1) is 6.61 Å². The van der Waals surface area contributed by atoms with E-state index in [2.05, 4.69) is 33.5 Å². The highest BCUT2D eigenvalue weighted by molar-refractivity contribution is 7.82. The van der Waals surface area contributed by atoms with Gasteiger partial charge in [-0.05, 0) is 99.7 Å². The van der Waals surface area contributed by atoms with Crippen molar-refractivity contribution in [2.24, 2.45) is 5.92 Å². The molecule has 2 aromatic rings. The number of nitrogens with one attached hydrogen (secondary N) is 3. The first-order valence-electron chi connectivity index (χ1n) is 17.1. The SMILES string of the molecule is Cc1ccc2cc1CNC(=O)[C@H](CCc1ccccc1)NC(=O)[C@@H](NC(=O)CCN1CCCC1)C(S)C(=O)N1CCCC(CCO2)C1. The lowest BCUT2D eigenvalue weighted by molar-refractivity contribution is -0.137. The van der Waals surface area contributed by atoms with Crippen LogP contribution in [0.3, 0.4) is 0 Å². The zero-order chi connectivity index (χ0) is 33.2. The zero-order valence-electron chi connectivity index (χ0n) is 27.4. The number of aryl methyl sites for hydroxylation is 2. The number of rotatable bonds is 7. The normalized spacial score (nSPS) is 24.8. The summed E-state index contributed by atoms with van der Waals surface area (Å²) >= 11 is 4.68. The van der Waals surface area contributed by atoms with Crippen LogP contribution in [-0.4, -0.2) is 90.1 Å². The number of benzene rings is 2. The number of carbonyl (C=O) groups excluding carboxylic acids is 4. The van der Waals surface area contributed by atoms with Crippen LogP contribution < -0.4 is 20.7 Å². The van der Waals surface area contributed by atoms with Gasteiger partial charge in [-0.3, -0.25) is 19.2 Å². The molecule has 4 bridgehead atoms. The van der Waals surface area contributed by atoms with Crippen molar-refractivity contribution >= 4 is 36.3 Å². The van der Waals surface area contributed by atoms with E-state index in [1.165, 1.54) is 0 Å². The second-order valence-corrected chi connectivity index (χ2v) is 13.7. The van der Waals surface area contributed by atoms with Gasteiger partial charge in [-0.2, -0.15) is 12.6 Å². The van der Waals surface area contributed by atoms with Gasteiger partial charge in [0.15, 0.2) is 0 Å². The maximum absolute atomic E-state index is 14.0. The largest absolute Gasteiger partial charge is 0.494 e. The number of hydrogen-bond donors (Lipinski definition) is 4. The fourth-order valence-corrected chi connectivity index (χ4v) is 7.07. The topological polar surface area (TPSA) is 120 Å². The van der Waals surface area contributed by atoms with Crippen LogP contribution >= 0.6 is 12.6 Å². The van der Waals surface area contributed by atoms with E-state index in [1.54, 1.807) is 4.90 Å². The number of amides is 4. The van der Waals surface area contributed by atoms with E-state index in [0.29, 0.717) is 39.1 Å². The molecule has 47 heavy (non-hydrogen) atoms. The van der Waals surface area contributed by atoms with E-state index in [-0.39, 0.29) is 36.6 Å².